The normalized spacial score (nSPS) is 11.1. The van der Waals surface area contributed by atoms with Gasteiger partial charge < -0.3 is 13.9 Å². The quantitative estimate of drug-likeness (QED) is 0.108. The third-order valence-electron chi connectivity index (χ3n) is 4.28. The molecule has 3 aromatic heterocycles. The summed E-state index contributed by atoms with van der Waals surface area (Å²) in [6, 6.07) is 10.8. The van der Waals surface area contributed by atoms with E-state index in [2.05, 4.69) is 25.1 Å². The molecule has 4 rings (SSSR count). The summed E-state index contributed by atoms with van der Waals surface area (Å²) in [5.41, 5.74) is 0.208. The first-order valence-corrected chi connectivity index (χ1v) is 10.7. The van der Waals surface area contributed by atoms with Crippen molar-refractivity contribution in [2.24, 2.45) is 5.10 Å². The predicted molar refractivity (Wildman–Crippen MR) is 119 cm³/mol. The van der Waals surface area contributed by atoms with Gasteiger partial charge in [0, 0.05) is 18.3 Å². The average molecular weight is 483 g/mol. The summed E-state index contributed by atoms with van der Waals surface area (Å²) in [6.07, 6.45) is 4.61. The first-order valence-electron chi connectivity index (χ1n) is 9.67. The molecule has 4 aromatic rings. The van der Waals surface area contributed by atoms with Crippen molar-refractivity contribution >= 4 is 29.6 Å². The van der Waals surface area contributed by atoms with E-state index in [4.69, 9.17) is 9.15 Å². The second kappa shape index (κ2) is 10.4. The summed E-state index contributed by atoms with van der Waals surface area (Å²) < 4.78 is 18.9. The second-order valence-corrected chi connectivity index (χ2v) is 7.46. The van der Waals surface area contributed by atoms with Crippen LogP contribution in [0.5, 0.6) is 5.75 Å². The average Bonchev–Trinajstić information content (AvgIpc) is 3.61. The molecule has 0 aliphatic carbocycles. The van der Waals surface area contributed by atoms with Crippen LogP contribution in [-0.2, 0) is 17.2 Å². The van der Waals surface area contributed by atoms with Crippen LogP contribution in [0.25, 0.3) is 0 Å². The van der Waals surface area contributed by atoms with Gasteiger partial charge in [-0.2, -0.15) is 14.9 Å². The SMILES string of the molecule is COC(=O)c1ccn(CSc2nncn2/N=C\c2ccc(COc3ccc([N+](=O)[O-])cc3)o2)n1. The molecule has 34 heavy (non-hydrogen) atoms. The molecule has 0 amide bonds. The number of nitro benzene ring substituents is 1. The van der Waals surface area contributed by atoms with E-state index >= 15 is 0 Å². The zero-order valence-electron chi connectivity index (χ0n) is 17.7. The van der Waals surface area contributed by atoms with E-state index in [1.165, 1.54) is 60.4 Å². The summed E-state index contributed by atoms with van der Waals surface area (Å²) in [4.78, 5) is 21.7. The fourth-order valence-corrected chi connectivity index (χ4v) is 3.37. The van der Waals surface area contributed by atoms with Crippen LogP contribution in [0, 0.1) is 10.1 Å². The molecule has 0 bridgehead atoms. The van der Waals surface area contributed by atoms with Crippen LogP contribution in [0.4, 0.5) is 5.69 Å². The fraction of sp³-hybridized carbons (Fsp3) is 0.150. The molecular weight excluding hydrogens is 466 g/mol. The van der Waals surface area contributed by atoms with Crippen molar-refractivity contribution in [3.63, 3.8) is 0 Å². The molecule has 0 saturated carbocycles. The lowest BCUT2D eigenvalue weighted by atomic mass is 10.3. The maximum atomic E-state index is 11.5. The van der Waals surface area contributed by atoms with Gasteiger partial charge in [0.2, 0.25) is 5.16 Å². The zero-order valence-corrected chi connectivity index (χ0v) is 18.5. The molecule has 0 N–H and O–H groups in total. The lowest BCUT2D eigenvalue weighted by molar-refractivity contribution is -0.384. The molecular formula is C20H17N7O6S. The van der Waals surface area contributed by atoms with Crippen molar-refractivity contribution in [3.05, 3.63) is 82.3 Å². The minimum Gasteiger partial charge on any atom is -0.486 e. The summed E-state index contributed by atoms with van der Waals surface area (Å²) >= 11 is 1.32. The van der Waals surface area contributed by atoms with E-state index in [0.29, 0.717) is 28.3 Å². The monoisotopic (exact) mass is 483 g/mol. The maximum Gasteiger partial charge on any atom is 0.358 e. The van der Waals surface area contributed by atoms with Crippen molar-refractivity contribution in [1.29, 1.82) is 0 Å². The first-order chi connectivity index (χ1) is 16.5. The number of thioether (sulfide) groups is 1. The smallest absolute Gasteiger partial charge is 0.358 e. The number of ether oxygens (including phenoxy) is 2. The van der Waals surface area contributed by atoms with Gasteiger partial charge >= 0.3 is 5.97 Å². The van der Waals surface area contributed by atoms with E-state index in [1.54, 1.807) is 29.1 Å². The summed E-state index contributed by atoms with van der Waals surface area (Å²) in [6.45, 7) is 0.150. The minimum absolute atomic E-state index is 0.00839. The molecule has 0 spiro atoms. The fourth-order valence-electron chi connectivity index (χ4n) is 2.64. The Hall–Kier alpha value is -4.46. The Morgan fingerprint density at radius 3 is 2.85 bits per heavy atom. The third-order valence-corrected chi connectivity index (χ3v) is 5.20. The molecule has 0 radical (unpaired) electrons. The number of carbonyl (C=O) groups is 1. The number of hydrogen-bond acceptors (Lipinski definition) is 11. The zero-order chi connectivity index (χ0) is 23.9. The van der Waals surface area contributed by atoms with Crippen LogP contribution in [0.15, 0.2) is 69.7 Å². The molecule has 14 heteroatoms. The van der Waals surface area contributed by atoms with Gasteiger partial charge in [0.15, 0.2) is 5.69 Å². The number of carbonyl (C=O) groups excluding carboxylic acids is 1. The number of esters is 1. The molecule has 0 fully saturated rings. The molecule has 3 heterocycles. The maximum absolute atomic E-state index is 11.5. The highest BCUT2D eigenvalue weighted by atomic mass is 32.2. The Balaban J connectivity index is 1.31. The molecule has 0 saturated heterocycles. The summed E-state index contributed by atoms with van der Waals surface area (Å²) in [5.74, 6) is 1.41. The second-order valence-electron chi connectivity index (χ2n) is 6.55. The molecule has 0 unspecified atom stereocenters. The third kappa shape index (κ3) is 5.66. The Labute approximate surface area is 196 Å². The van der Waals surface area contributed by atoms with E-state index in [9.17, 15) is 14.9 Å². The Kier molecular flexibility index (Phi) is 6.98. The number of benzene rings is 1. The van der Waals surface area contributed by atoms with Crippen LogP contribution in [0.1, 0.15) is 22.0 Å². The highest BCUT2D eigenvalue weighted by molar-refractivity contribution is 7.98. The van der Waals surface area contributed by atoms with Crippen molar-refractivity contribution < 1.29 is 23.6 Å². The summed E-state index contributed by atoms with van der Waals surface area (Å²) in [7, 11) is 1.30. The van der Waals surface area contributed by atoms with Gasteiger partial charge in [-0.1, -0.05) is 11.8 Å². The highest BCUT2D eigenvalue weighted by Crippen LogP contribution is 2.19. The van der Waals surface area contributed by atoms with Crippen molar-refractivity contribution in [1.82, 2.24) is 24.7 Å². The highest BCUT2D eigenvalue weighted by Gasteiger charge is 2.11. The van der Waals surface area contributed by atoms with Crippen molar-refractivity contribution in [2.75, 3.05) is 7.11 Å². The van der Waals surface area contributed by atoms with Crippen LogP contribution in [0.2, 0.25) is 0 Å². The van der Waals surface area contributed by atoms with Crippen molar-refractivity contribution in [2.45, 2.75) is 17.6 Å². The number of rotatable bonds is 10. The summed E-state index contributed by atoms with van der Waals surface area (Å²) in [5, 5.41) is 27.5. The van der Waals surface area contributed by atoms with Crippen molar-refractivity contribution in [3.8, 4) is 5.75 Å². The predicted octanol–water partition coefficient (Wildman–Crippen LogP) is 2.97. The first kappa shape index (κ1) is 22.7. The van der Waals surface area contributed by atoms with E-state index in [1.807, 2.05) is 0 Å². The Bertz CT molecular complexity index is 1310. The van der Waals surface area contributed by atoms with Crippen LogP contribution >= 0.6 is 11.8 Å². The van der Waals surface area contributed by atoms with E-state index < -0.39 is 10.9 Å². The number of nitro groups is 1. The van der Waals surface area contributed by atoms with Crippen LogP contribution in [0.3, 0.4) is 0 Å². The number of nitrogens with zero attached hydrogens (tertiary/aromatic N) is 7. The molecule has 174 valence electrons. The van der Waals surface area contributed by atoms with Gasteiger partial charge in [-0.05, 0) is 30.3 Å². The standard InChI is InChI=1S/C20H17N7O6S/c1-31-19(28)18-8-9-25(24-18)13-34-20-23-21-12-26(20)22-10-16-6-7-17(33-16)11-32-15-4-2-14(3-5-15)27(29)30/h2-10,12H,11,13H2,1H3/b22-10-. The topological polar surface area (TPSA) is 153 Å². The number of aromatic nitrogens is 5. The number of furan rings is 1. The van der Waals surface area contributed by atoms with Crippen LogP contribution < -0.4 is 4.74 Å². The van der Waals surface area contributed by atoms with E-state index in [0.717, 1.165) is 0 Å². The van der Waals surface area contributed by atoms with Gasteiger partial charge in [0.1, 0.15) is 30.2 Å². The van der Waals surface area contributed by atoms with Gasteiger partial charge in [-0.25, -0.2) is 4.79 Å². The molecule has 0 aliphatic heterocycles. The Morgan fingerprint density at radius 1 is 1.26 bits per heavy atom. The molecule has 13 nitrogen and oxygen atoms in total. The lowest BCUT2D eigenvalue weighted by Gasteiger charge is -2.03. The van der Waals surface area contributed by atoms with Gasteiger partial charge in [-0.3, -0.25) is 14.8 Å². The van der Waals surface area contributed by atoms with Gasteiger partial charge in [-0.15, -0.1) is 10.2 Å². The largest absolute Gasteiger partial charge is 0.486 e. The lowest BCUT2D eigenvalue weighted by Crippen LogP contribution is -2.04. The number of methoxy groups -OCH3 is 1. The molecule has 0 aliphatic rings. The number of non-ortho nitro benzene ring substituents is 1. The Morgan fingerprint density at radius 2 is 2.09 bits per heavy atom. The van der Waals surface area contributed by atoms with Gasteiger partial charge in [0.25, 0.3) is 5.69 Å². The molecule has 1 aromatic carbocycles. The van der Waals surface area contributed by atoms with Gasteiger partial charge in [0.05, 0.1) is 24.1 Å². The molecule has 0 atom stereocenters. The minimum atomic E-state index is -0.507. The number of hydrogen-bond donors (Lipinski definition) is 0. The van der Waals surface area contributed by atoms with Crippen LogP contribution in [-0.4, -0.2) is 48.9 Å². The van der Waals surface area contributed by atoms with E-state index in [-0.39, 0.29) is 18.0 Å².